The highest BCUT2D eigenvalue weighted by Gasteiger charge is 2.07. The summed E-state index contributed by atoms with van der Waals surface area (Å²) in [5, 5.41) is 15.5. The molecular formula is C15H13BrN2O2S. The third-order valence-electron chi connectivity index (χ3n) is 2.83. The number of hydrogen-bond donors (Lipinski definition) is 3. The summed E-state index contributed by atoms with van der Waals surface area (Å²) in [5.41, 5.74) is 2.65. The fourth-order valence-corrected chi connectivity index (χ4v) is 2.20. The summed E-state index contributed by atoms with van der Waals surface area (Å²) in [5.74, 6) is -0.968. The lowest BCUT2D eigenvalue weighted by atomic mass is 10.1. The van der Waals surface area contributed by atoms with E-state index in [0.29, 0.717) is 10.8 Å². The maximum atomic E-state index is 11.0. The van der Waals surface area contributed by atoms with Crippen molar-refractivity contribution in [3.8, 4) is 0 Å². The van der Waals surface area contributed by atoms with E-state index in [0.717, 1.165) is 15.7 Å². The van der Waals surface area contributed by atoms with Crippen LogP contribution in [0.25, 0.3) is 0 Å². The van der Waals surface area contributed by atoms with E-state index >= 15 is 0 Å². The molecule has 3 N–H and O–H groups in total. The number of carbonyl (C=O) groups is 1. The Labute approximate surface area is 136 Å². The van der Waals surface area contributed by atoms with Crippen molar-refractivity contribution >= 4 is 50.6 Å². The van der Waals surface area contributed by atoms with Crippen molar-refractivity contribution in [1.29, 1.82) is 0 Å². The largest absolute Gasteiger partial charge is 0.478 e. The molecule has 0 unspecified atom stereocenters. The zero-order valence-electron chi connectivity index (χ0n) is 11.2. The van der Waals surface area contributed by atoms with Crippen molar-refractivity contribution in [1.82, 2.24) is 0 Å². The number of anilines is 2. The van der Waals surface area contributed by atoms with E-state index in [-0.39, 0.29) is 5.56 Å². The zero-order chi connectivity index (χ0) is 15.4. The van der Waals surface area contributed by atoms with E-state index in [1.54, 1.807) is 18.2 Å². The first-order chi connectivity index (χ1) is 9.95. The maximum absolute atomic E-state index is 11.0. The van der Waals surface area contributed by atoms with Gasteiger partial charge in [0.1, 0.15) is 0 Å². The molecule has 0 aromatic heterocycles. The minimum Gasteiger partial charge on any atom is -0.478 e. The average Bonchev–Trinajstić information content (AvgIpc) is 2.43. The predicted octanol–water partition coefficient (Wildman–Crippen LogP) is 4.26. The molecule has 0 aliphatic heterocycles. The van der Waals surface area contributed by atoms with Gasteiger partial charge in [0, 0.05) is 15.8 Å². The Morgan fingerprint density at radius 2 is 1.81 bits per heavy atom. The molecule has 0 spiro atoms. The second-order valence-electron chi connectivity index (χ2n) is 4.42. The van der Waals surface area contributed by atoms with Gasteiger partial charge in [0.25, 0.3) is 0 Å². The topological polar surface area (TPSA) is 61.4 Å². The molecule has 2 rings (SSSR count). The Balaban J connectivity index is 2.10. The number of aromatic carboxylic acids is 1. The summed E-state index contributed by atoms with van der Waals surface area (Å²) >= 11 is 8.60. The van der Waals surface area contributed by atoms with Gasteiger partial charge >= 0.3 is 5.97 Å². The third kappa shape index (κ3) is 4.27. The molecule has 2 aromatic carbocycles. The van der Waals surface area contributed by atoms with Crippen molar-refractivity contribution < 1.29 is 9.90 Å². The standard InChI is InChI=1S/C15H13BrN2O2S/c1-9-2-3-10(14(19)20)8-13(9)18-15(21)17-12-6-4-11(16)5-7-12/h2-8H,1H3,(H,19,20)(H2,17,18,21). The van der Waals surface area contributed by atoms with E-state index in [4.69, 9.17) is 17.3 Å². The summed E-state index contributed by atoms with van der Waals surface area (Å²) < 4.78 is 0.983. The first kappa shape index (κ1) is 15.5. The van der Waals surface area contributed by atoms with Gasteiger partial charge in [-0.05, 0) is 61.1 Å². The number of carboxylic acids is 1. The van der Waals surface area contributed by atoms with Gasteiger partial charge < -0.3 is 15.7 Å². The molecule has 0 saturated carbocycles. The fourth-order valence-electron chi connectivity index (χ4n) is 1.71. The molecule has 0 heterocycles. The van der Waals surface area contributed by atoms with Crippen molar-refractivity contribution in [3.63, 3.8) is 0 Å². The van der Waals surface area contributed by atoms with Gasteiger partial charge in [0.2, 0.25) is 0 Å². The van der Waals surface area contributed by atoms with Gasteiger partial charge in [0.05, 0.1) is 5.56 Å². The van der Waals surface area contributed by atoms with Gasteiger partial charge in [-0.2, -0.15) is 0 Å². The average molecular weight is 365 g/mol. The molecule has 2 aromatic rings. The van der Waals surface area contributed by atoms with Crippen LogP contribution in [0.4, 0.5) is 11.4 Å². The van der Waals surface area contributed by atoms with E-state index in [1.165, 1.54) is 0 Å². The van der Waals surface area contributed by atoms with E-state index in [9.17, 15) is 4.79 Å². The first-order valence-electron chi connectivity index (χ1n) is 6.13. The highest BCUT2D eigenvalue weighted by Crippen LogP contribution is 2.18. The molecule has 0 bridgehead atoms. The zero-order valence-corrected chi connectivity index (χ0v) is 13.6. The van der Waals surface area contributed by atoms with Crippen LogP contribution in [0.1, 0.15) is 15.9 Å². The minimum absolute atomic E-state index is 0.217. The summed E-state index contributed by atoms with van der Waals surface area (Å²) in [7, 11) is 0. The Morgan fingerprint density at radius 3 is 2.43 bits per heavy atom. The quantitative estimate of drug-likeness (QED) is 0.710. The number of halogens is 1. The summed E-state index contributed by atoms with van der Waals surface area (Å²) in [4.78, 5) is 11.0. The Morgan fingerprint density at radius 1 is 1.14 bits per heavy atom. The monoisotopic (exact) mass is 364 g/mol. The molecule has 108 valence electrons. The van der Waals surface area contributed by atoms with Crippen molar-refractivity contribution in [2.24, 2.45) is 0 Å². The highest BCUT2D eigenvalue weighted by atomic mass is 79.9. The maximum Gasteiger partial charge on any atom is 0.335 e. The number of hydrogen-bond acceptors (Lipinski definition) is 2. The van der Waals surface area contributed by atoms with Crippen LogP contribution in [0, 0.1) is 6.92 Å². The summed E-state index contributed by atoms with van der Waals surface area (Å²) in [6, 6.07) is 12.5. The number of benzene rings is 2. The summed E-state index contributed by atoms with van der Waals surface area (Å²) in [6.07, 6.45) is 0. The molecule has 0 saturated heterocycles. The molecule has 0 fully saturated rings. The lowest BCUT2D eigenvalue weighted by molar-refractivity contribution is 0.0697. The van der Waals surface area contributed by atoms with Crippen LogP contribution in [-0.4, -0.2) is 16.2 Å². The SMILES string of the molecule is Cc1ccc(C(=O)O)cc1NC(=S)Nc1ccc(Br)cc1. The van der Waals surface area contributed by atoms with Gasteiger partial charge in [-0.15, -0.1) is 0 Å². The number of nitrogens with one attached hydrogen (secondary N) is 2. The molecule has 0 radical (unpaired) electrons. The van der Waals surface area contributed by atoms with Gasteiger partial charge in [0.15, 0.2) is 5.11 Å². The minimum atomic E-state index is -0.968. The van der Waals surface area contributed by atoms with Crippen molar-refractivity contribution in [2.75, 3.05) is 10.6 Å². The van der Waals surface area contributed by atoms with E-state index < -0.39 is 5.97 Å². The Bertz CT molecular complexity index is 687. The molecule has 0 aliphatic carbocycles. The molecule has 6 heteroatoms. The van der Waals surface area contributed by atoms with Crippen LogP contribution in [-0.2, 0) is 0 Å². The van der Waals surface area contributed by atoms with E-state index in [1.807, 2.05) is 31.2 Å². The highest BCUT2D eigenvalue weighted by molar-refractivity contribution is 9.10. The van der Waals surface area contributed by atoms with E-state index in [2.05, 4.69) is 26.6 Å². The third-order valence-corrected chi connectivity index (χ3v) is 3.57. The molecule has 0 aliphatic rings. The van der Waals surface area contributed by atoms with Gasteiger partial charge in [-0.3, -0.25) is 0 Å². The van der Waals surface area contributed by atoms with Crippen LogP contribution in [0.2, 0.25) is 0 Å². The second kappa shape index (κ2) is 6.69. The predicted molar refractivity (Wildman–Crippen MR) is 92.1 cm³/mol. The lowest BCUT2D eigenvalue weighted by Gasteiger charge is -2.13. The van der Waals surface area contributed by atoms with Crippen LogP contribution < -0.4 is 10.6 Å². The van der Waals surface area contributed by atoms with Crippen LogP contribution >= 0.6 is 28.1 Å². The molecule has 0 atom stereocenters. The Kier molecular flexibility index (Phi) is 4.93. The number of aryl methyl sites for hydroxylation is 1. The first-order valence-corrected chi connectivity index (χ1v) is 7.33. The fraction of sp³-hybridized carbons (Fsp3) is 0.0667. The van der Waals surface area contributed by atoms with Crippen molar-refractivity contribution in [2.45, 2.75) is 6.92 Å². The lowest BCUT2D eigenvalue weighted by Crippen LogP contribution is -2.19. The van der Waals surface area contributed by atoms with Crippen molar-refractivity contribution in [3.05, 3.63) is 58.1 Å². The van der Waals surface area contributed by atoms with Gasteiger partial charge in [-0.1, -0.05) is 22.0 Å². The van der Waals surface area contributed by atoms with Crippen LogP contribution in [0.15, 0.2) is 46.9 Å². The number of thiocarbonyl (C=S) groups is 1. The second-order valence-corrected chi connectivity index (χ2v) is 5.74. The van der Waals surface area contributed by atoms with Crippen LogP contribution in [0.3, 0.4) is 0 Å². The normalized spacial score (nSPS) is 10.0. The van der Waals surface area contributed by atoms with Gasteiger partial charge in [-0.25, -0.2) is 4.79 Å². The number of rotatable bonds is 3. The number of carboxylic acid groups (broad SMARTS) is 1. The smallest absolute Gasteiger partial charge is 0.335 e. The van der Waals surface area contributed by atoms with Crippen LogP contribution in [0.5, 0.6) is 0 Å². The molecule has 4 nitrogen and oxygen atoms in total. The molecule has 21 heavy (non-hydrogen) atoms. The molecular weight excluding hydrogens is 352 g/mol. The summed E-state index contributed by atoms with van der Waals surface area (Å²) in [6.45, 7) is 1.89. The molecule has 0 amide bonds. The Hall–Kier alpha value is -1.92.